The molecule has 15 heteroatoms. The zero-order valence-corrected chi connectivity index (χ0v) is 33.6. The van der Waals surface area contributed by atoms with Crippen molar-refractivity contribution in [2.45, 2.75) is 125 Å². The van der Waals surface area contributed by atoms with E-state index >= 15 is 0 Å². The van der Waals surface area contributed by atoms with E-state index in [1.165, 1.54) is 12.0 Å². The topological polar surface area (TPSA) is 172 Å². The third-order valence-corrected chi connectivity index (χ3v) is 10.1. The Balaban J connectivity index is 1.78. The molecule has 0 spiro atoms. The van der Waals surface area contributed by atoms with Gasteiger partial charge in [0.15, 0.2) is 0 Å². The average molecular weight is 764 g/mol. The largest absolute Gasteiger partial charge is 0.465 e. The van der Waals surface area contributed by atoms with Crippen molar-refractivity contribution in [1.82, 2.24) is 26.2 Å². The van der Waals surface area contributed by atoms with Crippen molar-refractivity contribution in [3.05, 3.63) is 35.4 Å². The van der Waals surface area contributed by atoms with Gasteiger partial charge in [0.1, 0.15) is 29.8 Å². The van der Waals surface area contributed by atoms with Crippen LogP contribution < -0.4 is 21.3 Å². The van der Waals surface area contributed by atoms with Crippen LogP contribution in [0.2, 0.25) is 0 Å². The zero-order valence-electron chi connectivity index (χ0n) is 33.6. The normalized spacial score (nSPS) is 20.9. The highest BCUT2D eigenvalue weighted by Gasteiger charge is 2.70. The number of nitrogens with zero attached hydrogens (tertiary/aromatic N) is 1. The lowest BCUT2D eigenvalue weighted by Gasteiger charge is -2.38. The predicted molar refractivity (Wildman–Crippen MR) is 197 cm³/mol. The molecular weight excluding hydrogens is 704 g/mol. The van der Waals surface area contributed by atoms with Crippen molar-refractivity contribution in [1.29, 1.82) is 0 Å². The summed E-state index contributed by atoms with van der Waals surface area (Å²) in [6, 6.07) is 0.844. The quantitative estimate of drug-likeness (QED) is 0.216. The average Bonchev–Trinajstić information content (AvgIpc) is 3.34. The molecule has 1 aromatic carbocycles. The molecule has 1 aliphatic heterocycles. The van der Waals surface area contributed by atoms with Gasteiger partial charge in [0.2, 0.25) is 24.1 Å². The van der Waals surface area contributed by atoms with Gasteiger partial charge >= 0.3 is 18.0 Å². The minimum absolute atomic E-state index is 0.0722. The fourth-order valence-electron chi connectivity index (χ4n) is 6.97. The molecule has 54 heavy (non-hydrogen) atoms. The van der Waals surface area contributed by atoms with Crippen molar-refractivity contribution in [3.63, 3.8) is 0 Å². The number of halogens is 2. The first-order valence-electron chi connectivity index (χ1n) is 18.3. The summed E-state index contributed by atoms with van der Waals surface area (Å²) in [5, 5.41) is 10.5. The number of carbonyl (C=O) groups excluding carboxylic acids is 6. The summed E-state index contributed by atoms with van der Waals surface area (Å²) in [6.07, 6.45) is -3.53. The van der Waals surface area contributed by atoms with E-state index in [9.17, 15) is 37.5 Å². The number of alkyl halides is 2. The van der Waals surface area contributed by atoms with E-state index in [2.05, 4.69) is 21.3 Å². The van der Waals surface area contributed by atoms with Crippen LogP contribution in [-0.4, -0.2) is 97.0 Å². The molecule has 6 atom stereocenters. The number of hydrogen-bond acceptors (Lipinski definition) is 8. The molecule has 2 aliphatic rings. The Morgan fingerprint density at radius 2 is 1.43 bits per heavy atom. The van der Waals surface area contributed by atoms with Gasteiger partial charge in [-0.1, -0.05) is 67.5 Å². The first-order chi connectivity index (χ1) is 24.7. The molecule has 1 saturated carbocycles. The number of carbonyl (C=O) groups is 6. The molecule has 1 heterocycles. The molecule has 5 amide bonds. The van der Waals surface area contributed by atoms with Gasteiger partial charge < -0.3 is 35.6 Å². The smallest absolute Gasteiger partial charge is 0.337 e. The fraction of sp³-hybridized carbons (Fsp3) is 0.692. The molecule has 1 saturated heterocycles. The SMILES string of the molecule is COC(=O)c1ccc(CCNC(=O)[C@H](CC(F)F)NC(=O)[C@@H]2[C@@H]3[C@H](CN2C(=O)[C@@H](NC(=O)N[C@H](C(=O)OC(C)(C)C)C(C)(C)C)C(C)(C)C)C3(C)C)cc1. The number of rotatable bonds is 13. The van der Waals surface area contributed by atoms with E-state index in [1.807, 2.05) is 13.8 Å². The summed E-state index contributed by atoms with van der Waals surface area (Å²) in [4.78, 5) is 81.2. The van der Waals surface area contributed by atoms with Crippen molar-refractivity contribution < 1.29 is 47.0 Å². The molecule has 0 aromatic heterocycles. The number of amides is 5. The first kappa shape index (κ1) is 44.1. The molecule has 3 rings (SSSR count). The minimum Gasteiger partial charge on any atom is -0.465 e. The number of benzene rings is 1. The van der Waals surface area contributed by atoms with E-state index in [0.29, 0.717) is 12.0 Å². The summed E-state index contributed by atoms with van der Waals surface area (Å²) in [7, 11) is 1.27. The molecule has 1 aromatic rings. The summed E-state index contributed by atoms with van der Waals surface area (Å²) in [5.41, 5.74) is -1.63. The van der Waals surface area contributed by atoms with E-state index in [1.54, 1.807) is 86.6 Å². The number of esters is 2. The number of fused-ring (bicyclic) bond motifs is 1. The van der Waals surface area contributed by atoms with Gasteiger partial charge in [-0.2, -0.15) is 0 Å². The van der Waals surface area contributed by atoms with Gasteiger partial charge in [-0.3, -0.25) is 14.4 Å². The molecule has 302 valence electrons. The molecule has 0 unspecified atom stereocenters. The predicted octanol–water partition coefficient (Wildman–Crippen LogP) is 4.23. The molecule has 4 N–H and O–H groups in total. The highest BCUT2D eigenvalue weighted by molar-refractivity contribution is 5.96. The number of likely N-dealkylation sites (tertiary alicyclic amines) is 1. The Bertz CT molecular complexity index is 1560. The zero-order chi connectivity index (χ0) is 41.1. The van der Waals surface area contributed by atoms with Crippen molar-refractivity contribution in [3.8, 4) is 0 Å². The number of nitrogens with one attached hydrogen (secondary N) is 4. The van der Waals surface area contributed by atoms with E-state index in [4.69, 9.17) is 9.47 Å². The van der Waals surface area contributed by atoms with E-state index in [-0.39, 0.29) is 30.3 Å². The lowest BCUT2D eigenvalue weighted by Crippen LogP contribution is -2.63. The number of methoxy groups -OCH3 is 1. The second kappa shape index (κ2) is 16.6. The molecule has 1 aliphatic carbocycles. The fourth-order valence-corrected chi connectivity index (χ4v) is 6.97. The number of piperidine rings is 1. The van der Waals surface area contributed by atoms with Crippen LogP contribution in [0.15, 0.2) is 24.3 Å². The maximum atomic E-state index is 14.4. The standard InChI is InChI=1S/C39H59F2N5O8/c1-36(2,3)28(44-35(52)45-29(37(4,5)6)34(51)54-38(7,8)9)32(49)46-20-23-26(39(23,10)11)27(46)31(48)43-24(19-25(40)41)30(47)42-18-17-21-13-15-22(16-14-21)33(50)53-12/h13-16,23-29H,17-20H2,1-12H3,(H,42,47)(H,43,48)(H2,44,45,52)/t23-,24-,26-,27-,28+,29+/m0/s1. The molecular formula is C39H59F2N5O8. The summed E-state index contributed by atoms with van der Waals surface area (Å²) >= 11 is 0. The summed E-state index contributed by atoms with van der Waals surface area (Å²) in [5.74, 6) is -3.62. The van der Waals surface area contributed by atoms with Crippen LogP contribution in [0.5, 0.6) is 0 Å². The van der Waals surface area contributed by atoms with E-state index < -0.39 is 89.1 Å². The molecule has 0 bridgehead atoms. The Morgan fingerprint density at radius 1 is 0.870 bits per heavy atom. The number of urea groups is 1. The van der Waals surface area contributed by atoms with Crippen molar-refractivity contribution in [2.75, 3.05) is 20.2 Å². The van der Waals surface area contributed by atoms with Crippen LogP contribution in [0.4, 0.5) is 13.6 Å². The second-order valence-electron chi connectivity index (χ2n) is 18.1. The molecule has 0 radical (unpaired) electrons. The highest BCUT2D eigenvalue weighted by atomic mass is 19.3. The first-order valence-corrected chi connectivity index (χ1v) is 18.3. The Kier molecular flexibility index (Phi) is 13.6. The number of hydrogen-bond donors (Lipinski definition) is 4. The van der Waals surface area contributed by atoms with Gasteiger partial charge in [-0.15, -0.1) is 0 Å². The molecule has 2 fully saturated rings. The second-order valence-corrected chi connectivity index (χ2v) is 18.1. The maximum Gasteiger partial charge on any atom is 0.337 e. The number of ether oxygens (including phenoxy) is 2. The van der Waals surface area contributed by atoms with Gasteiger partial charge in [0.05, 0.1) is 12.7 Å². The van der Waals surface area contributed by atoms with Crippen LogP contribution in [0, 0.1) is 28.1 Å². The summed E-state index contributed by atoms with van der Waals surface area (Å²) in [6.45, 7) is 19.9. The Hall–Kier alpha value is -4.30. The van der Waals surface area contributed by atoms with E-state index in [0.717, 1.165) is 5.56 Å². The van der Waals surface area contributed by atoms with Crippen molar-refractivity contribution >= 4 is 35.7 Å². The lowest BCUT2D eigenvalue weighted by molar-refractivity contribution is -0.160. The van der Waals surface area contributed by atoms with Gasteiger partial charge in [-0.25, -0.2) is 23.2 Å². The van der Waals surface area contributed by atoms with Crippen LogP contribution >= 0.6 is 0 Å². The molecule has 13 nitrogen and oxygen atoms in total. The summed E-state index contributed by atoms with van der Waals surface area (Å²) < 4.78 is 37.7. The maximum absolute atomic E-state index is 14.4. The lowest BCUT2D eigenvalue weighted by atomic mass is 9.85. The Labute approximate surface area is 317 Å². The van der Waals surface area contributed by atoms with Gasteiger partial charge in [0, 0.05) is 19.5 Å². The van der Waals surface area contributed by atoms with Gasteiger partial charge in [-0.05, 0) is 73.0 Å². The Morgan fingerprint density at radius 3 is 1.93 bits per heavy atom. The monoisotopic (exact) mass is 763 g/mol. The third-order valence-electron chi connectivity index (χ3n) is 10.1. The third kappa shape index (κ3) is 11.1. The minimum atomic E-state index is -2.91. The van der Waals surface area contributed by atoms with Crippen LogP contribution in [-0.2, 0) is 35.1 Å². The van der Waals surface area contributed by atoms with Crippen LogP contribution in [0.25, 0.3) is 0 Å². The van der Waals surface area contributed by atoms with Crippen molar-refractivity contribution in [2.24, 2.45) is 28.1 Å². The van der Waals surface area contributed by atoms with Crippen LogP contribution in [0.1, 0.15) is 98.5 Å². The van der Waals surface area contributed by atoms with Gasteiger partial charge in [0.25, 0.3) is 0 Å². The highest BCUT2D eigenvalue weighted by Crippen LogP contribution is 2.65. The van der Waals surface area contributed by atoms with Crippen LogP contribution in [0.3, 0.4) is 0 Å².